The molecular formula is C14H16O2. The first-order chi connectivity index (χ1) is 7.68. The molecule has 2 aliphatic rings. The number of benzene rings is 1. The number of para-hydroxylation sites is 1. The van der Waals surface area contributed by atoms with Crippen molar-refractivity contribution in [2.45, 2.75) is 26.2 Å². The van der Waals surface area contributed by atoms with E-state index in [-0.39, 0.29) is 11.3 Å². The van der Waals surface area contributed by atoms with Crippen molar-refractivity contribution in [3.63, 3.8) is 0 Å². The van der Waals surface area contributed by atoms with Crippen molar-refractivity contribution >= 4 is 5.78 Å². The lowest BCUT2D eigenvalue weighted by molar-refractivity contribution is -0.152. The van der Waals surface area contributed by atoms with Gasteiger partial charge in [-0.3, -0.25) is 4.79 Å². The molecular weight excluding hydrogens is 200 g/mol. The van der Waals surface area contributed by atoms with Gasteiger partial charge in [0.05, 0.1) is 12.5 Å². The van der Waals surface area contributed by atoms with Gasteiger partial charge >= 0.3 is 0 Å². The molecule has 3 atom stereocenters. The van der Waals surface area contributed by atoms with Gasteiger partial charge in [-0.25, -0.2) is 0 Å². The first-order valence-electron chi connectivity index (χ1n) is 5.94. The molecule has 1 saturated carbocycles. The number of fused-ring (bicyclic) bond motifs is 3. The van der Waals surface area contributed by atoms with Crippen LogP contribution in [0, 0.1) is 11.3 Å². The molecule has 0 N–H and O–H groups in total. The molecule has 0 bridgehead atoms. The molecule has 0 amide bonds. The minimum atomic E-state index is -0.162. The van der Waals surface area contributed by atoms with Crippen LogP contribution in [0.4, 0.5) is 0 Å². The average Bonchev–Trinajstić information content (AvgIpc) is 2.35. The minimum Gasteiger partial charge on any atom is -0.493 e. The number of hydrogen-bond acceptors (Lipinski definition) is 2. The molecule has 84 valence electrons. The van der Waals surface area contributed by atoms with Crippen molar-refractivity contribution in [1.29, 1.82) is 0 Å². The van der Waals surface area contributed by atoms with E-state index in [4.69, 9.17) is 4.74 Å². The zero-order chi connectivity index (χ0) is 11.3. The molecule has 0 saturated heterocycles. The van der Waals surface area contributed by atoms with Crippen LogP contribution in [0.25, 0.3) is 0 Å². The Hall–Kier alpha value is -1.31. The van der Waals surface area contributed by atoms with E-state index in [1.807, 2.05) is 18.2 Å². The van der Waals surface area contributed by atoms with E-state index in [0.29, 0.717) is 18.3 Å². The summed E-state index contributed by atoms with van der Waals surface area (Å²) in [5, 5.41) is 0. The SMILES string of the molecule is CCC1(C)C(=O)C2COc3ccccc3C21. The first kappa shape index (κ1) is 9.88. The molecule has 16 heavy (non-hydrogen) atoms. The van der Waals surface area contributed by atoms with Crippen LogP contribution in [0.3, 0.4) is 0 Å². The highest BCUT2D eigenvalue weighted by atomic mass is 16.5. The van der Waals surface area contributed by atoms with E-state index in [9.17, 15) is 4.79 Å². The number of hydrogen-bond donors (Lipinski definition) is 0. The summed E-state index contributed by atoms with van der Waals surface area (Å²) in [7, 11) is 0. The highest BCUT2D eigenvalue weighted by Gasteiger charge is 2.60. The third-order valence-electron chi connectivity index (χ3n) is 4.40. The monoisotopic (exact) mass is 216 g/mol. The van der Waals surface area contributed by atoms with Gasteiger partial charge in [-0.05, 0) is 18.1 Å². The number of carbonyl (C=O) groups is 1. The minimum absolute atomic E-state index is 0.0971. The fourth-order valence-corrected chi connectivity index (χ4v) is 3.25. The Morgan fingerprint density at radius 2 is 2.19 bits per heavy atom. The second kappa shape index (κ2) is 3.09. The molecule has 3 unspecified atom stereocenters. The summed E-state index contributed by atoms with van der Waals surface area (Å²) in [6, 6.07) is 8.13. The van der Waals surface area contributed by atoms with Crippen LogP contribution < -0.4 is 4.74 Å². The molecule has 0 radical (unpaired) electrons. The third-order valence-corrected chi connectivity index (χ3v) is 4.40. The summed E-state index contributed by atoms with van der Waals surface area (Å²) in [6.07, 6.45) is 0.918. The molecule has 0 spiro atoms. The van der Waals surface area contributed by atoms with Crippen LogP contribution >= 0.6 is 0 Å². The van der Waals surface area contributed by atoms with Crippen LogP contribution in [0.2, 0.25) is 0 Å². The Labute approximate surface area is 95.6 Å². The largest absolute Gasteiger partial charge is 0.493 e. The Morgan fingerprint density at radius 3 is 2.94 bits per heavy atom. The van der Waals surface area contributed by atoms with E-state index >= 15 is 0 Å². The van der Waals surface area contributed by atoms with Gasteiger partial charge in [0.15, 0.2) is 0 Å². The van der Waals surface area contributed by atoms with Gasteiger partial charge in [0, 0.05) is 11.3 Å². The predicted molar refractivity (Wildman–Crippen MR) is 61.6 cm³/mol. The van der Waals surface area contributed by atoms with E-state index in [0.717, 1.165) is 12.2 Å². The van der Waals surface area contributed by atoms with Crippen molar-refractivity contribution in [3.05, 3.63) is 29.8 Å². The highest BCUT2D eigenvalue weighted by molar-refractivity contribution is 5.96. The van der Waals surface area contributed by atoms with Gasteiger partial charge in [-0.2, -0.15) is 0 Å². The second-order valence-corrected chi connectivity index (χ2v) is 5.07. The summed E-state index contributed by atoms with van der Waals surface area (Å²) < 4.78 is 5.64. The van der Waals surface area contributed by atoms with Crippen molar-refractivity contribution in [3.8, 4) is 5.75 Å². The molecule has 0 aromatic heterocycles. The van der Waals surface area contributed by atoms with Gasteiger partial charge in [-0.15, -0.1) is 0 Å². The Kier molecular flexibility index (Phi) is 1.91. The fraction of sp³-hybridized carbons (Fsp3) is 0.500. The lowest BCUT2D eigenvalue weighted by Gasteiger charge is -2.53. The number of Topliss-reactive ketones (excluding diaryl/α,β-unsaturated/α-hetero) is 1. The molecule has 1 aliphatic heterocycles. The summed E-state index contributed by atoms with van der Waals surface area (Å²) >= 11 is 0. The molecule has 1 heterocycles. The van der Waals surface area contributed by atoms with Gasteiger partial charge in [0.1, 0.15) is 11.5 Å². The number of ketones is 1. The van der Waals surface area contributed by atoms with Crippen LogP contribution in [0.15, 0.2) is 24.3 Å². The number of carbonyl (C=O) groups excluding carboxylic acids is 1. The first-order valence-corrected chi connectivity index (χ1v) is 5.94. The maximum Gasteiger partial charge on any atom is 0.146 e. The quantitative estimate of drug-likeness (QED) is 0.721. The Bertz CT molecular complexity index is 452. The lowest BCUT2D eigenvalue weighted by Crippen LogP contribution is -2.57. The summed E-state index contributed by atoms with van der Waals surface area (Å²) in [5.41, 5.74) is 1.06. The van der Waals surface area contributed by atoms with Gasteiger partial charge < -0.3 is 4.74 Å². The number of rotatable bonds is 1. The number of ether oxygens (including phenoxy) is 1. The standard InChI is InChI=1S/C14H16O2/c1-3-14(2)12-9-6-4-5-7-11(9)16-8-10(12)13(14)15/h4-7,10,12H,3,8H2,1-2H3. The summed E-state index contributed by atoms with van der Waals surface area (Å²) in [6.45, 7) is 4.76. The van der Waals surface area contributed by atoms with Crippen molar-refractivity contribution in [2.75, 3.05) is 6.61 Å². The van der Waals surface area contributed by atoms with Crippen LogP contribution in [0.5, 0.6) is 5.75 Å². The van der Waals surface area contributed by atoms with E-state index < -0.39 is 0 Å². The maximum absolute atomic E-state index is 12.1. The summed E-state index contributed by atoms with van der Waals surface area (Å²) in [5.74, 6) is 1.82. The summed E-state index contributed by atoms with van der Waals surface area (Å²) in [4.78, 5) is 12.1. The fourth-order valence-electron chi connectivity index (χ4n) is 3.25. The van der Waals surface area contributed by atoms with Crippen molar-refractivity contribution in [2.24, 2.45) is 11.3 Å². The van der Waals surface area contributed by atoms with Crippen LogP contribution in [-0.4, -0.2) is 12.4 Å². The smallest absolute Gasteiger partial charge is 0.146 e. The maximum atomic E-state index is 12.1. The van der Waals surface area contributed by atoms with Gasteiger partial charge in [0.25, 0.3) is 0 Å². The molecule has 3 rings (SSSR count). The normalized spacial score (nSPS) is 35.8. The second-order valence-electron chi connectivity index (χ2n) is 5.07. The van der Waals surface area contributed by atoms with Crippen molar-refractivity contribution < 1.29 is 9.53 Å². The third kappa shape index (κ3) is 0.998. The zero-order valence-corrected chi connectivity index (χ0v) is 9.69. The Balaban J connectivity index is 2.08. The van der Waals surface area contributed by atoms with Gasteiger partial charge in [0.2, 0.25) is 0 Å². The predicted octanol–water partition coefficient (Wildman–Crippen LogP) is 2.78. The molecule has 1 aromatic carbocycles. The van der Waals surface area contributed by atoms with Gasteiger partial charge in [-0.1, -0.05) is 32.0 Å². The highest BCUT2D eigenvalue weighted by Crippen LogP contribution is 2.59. The average molecular weight is 216 g/mol. The molecule has 2 heteroatoms. The molecule has 2 nitrogen and oxygen atoms in total. The zero-order valence-electron chi connectivity index (χ0n) is 9.69. The van der Waals surface area contributed by atoms with Crippen molar-refractivity contribution in [1.82, 2.24) is 0 Å². The lowest BCUT2D eigenvalue weighted by atomic mass is 9.50. The van der Waals surface area contributed by atoms with E-state index in [1.165, 1.54) is 5.56 Å². The van der Waals surface area contributed by atoms with E-state index in [2.05, 4.69) is 19.9 Å². The molecule has 1 aromatic rings. The van der Waals surface area contributed by atoms with Crippen LogP contribution in [-0.2, 0) is 4.79 Å². The van der Waals surface area contributed by atoms with Crippen LogP contribution in [0.1, 0.15) is 31.7 Å². The molecule has 1 aliphatic carbocycles. The van der Waals surface area contributed by atoms with E-state index in [1.54, 1.807) is 0 Å². The molecule has 1 fully saturated rings. The topological polar surface area (TPSA) is 26.3 Å². The Morgan fingerprint density at radius 1 is 1.44 bits per heavy atom.